The van der Waals surface area contributed by atoms with Gasteiger partial charge in [0.25, 0.3) is 0 Å². The highest BCUT2D eigenvalue weighted by atomic mass is 16.4. The smallest absolute Gasteiger partial charge is 0.328 e. The third-order valence-electron chi connectivity index (χ3n) is 3.40. The molecule has 0 aromatic heterocycles. The topological polar surface area (TPSA) is 102 Å². The van der Waals surface area contributed by atoms with Crippen molar-refractivity contribution >= 4 is 12.0 Å². The van der Waals surface area contributed by atoms with Crippen LogP contribution in [0, 0.1) is 0 Å². The second kappa shape index (κ2) is 5.53. The van der Waals surface area contributed by atoms with Gasteiger partial charge in [-0.3, -0.25) is 4.90 Å². The van der Waals surface area contributed by atoms with Crippen molar-refractivity contribution in [2.45, 2.75) is 37.4 Å². The molecule has 2 amide bonds. The number of rotatable bonds is 5. The number of amides is 2. The lowest BCUT2D eigenvalue weighted by Gasteiger charge is -2.17. The number of nitrogens with zero attached hydrogens (tertiary/aromatic N) is 1. The maximum Gasteiger partial charge on any atom is 0.328 e. The van der Waals surface area contributed by atoms with Crippen LogP contribution in [0.2, 0.25) is 0 Å². The molecular formula is C11H19N3O4. The lowest BCUT2D eigenvalue weighted by molar-refractivity contribution is -0.140. The van der Waals surface area contributed by atoms with E-state index in [1.54, 1.807) is 0 Å². The van der Waals surface area contributed by atoms with Crippen molar-refractivity contribution in [2.24, 2.45) is 0 Å². The standard InChI is InChI=1S/C11H19N3O4/c15-6-9(10(16)17)13-11(18)12-7-3-4-14(5-7)8-1-2-8/h7-9,15H,1-6H2,(H,16,17)(H2,12,13,18)/t7?,9-/m1/s1. The molecule has 18 heavy (non-hydrogen) atoms. The Hall–Kier alpha value is -1.34. The van der Waals surface area contributed by atoms with E-state index in [0.29, 0.717) is 6.04 Å². The Balaban J connectivity index is 1.72. The molecule has 1 saturated heterocycles. The molecule has 1 heterocycles. The number of aliphatic hydroxyl groups excluding tert-OH is 1. The first kappa shape index (κ1) is 13.1. The van der Waals surface area contributed by atoms with Gasteiger partial charge in [0.1, 0.15) is 0 Å². The monoisotopic (exact) mass is 257 g/mol. The lowest BCUT2D eigenvalue weighted by Crippen LogP contribution is -2.51. The van der Waals surface area contributed by atoms with E-state index < -0.39 is 24.6 Å². The first-order valence-corrected chi connectivity index (χ1v) is 6.25. The van der Waals surface area contributed by atoms with Gasteiger partial charge in [-0.25, -0.2) is 9.59 Å². The van der Waals surface area contributed by atoms with E-state index >= 15 is 0 Å². The molecule has 102 valence electrons. The summed E-state index contributed by atoms with van der Waals surface area (Å²) in [6, 6.07) is -1.02. The zero-order valence-corrected chi connectivity index (χ0v) is 10.1. The maximum absolute atomic E-state index is 11.5. The van der Waals surface area contributed by atoms with Crippen LogP contribution in [0.15, 0.2) is 0 Å². The number of aliphatic hydroxyl groups is 1. The predicted octanol–water partition coefficient (Wildman–Crippen LogP) is -1.03. The van der Waals surface area contributed by atoms with E-state index in [2.05, 4.69) is 15.5 Å². The molecule has 0 aromatic rings. The first-order chi connectivity index (χ1) is 8.60. The number of carbonyl (C=O) groups excluding carboxylic acids is 1. The molecule has 1 aliphatic heterocycles. The predicted molar refractivity (Wildman–Crippen MR) is 63.2 cm³/mol. The van der Waals surface area contributed by atoms with Gasteiger partial charge in [0.05, 0.1) is 6.61 Å². The molecular weight excluding hydrogens is 238 g/mol. The van der Waals surface area contributed by atoms with Gasteiger partial charge in [0.15, 0.2) is 6.04 Å². The fourth-order valence-electron chi connectivity index (χ4n) is 2.25. The highest BCUT2D eigenvalue weighted by Gasteiger charge is 2.35. The van der Waals surface area contributed by atoms with Crippen molar-refractivity contribution < 1.29 is 19.8 Å². The number of urea groups is 1. The molecule has 2 aliphatic rings. The number of carboxylic acid groups (broad SMARTS) is 1. The Labute approximate surface area is 105 Å². The maximum atomic E-state index is 11.5. The van der Waals surface area contributed by atoms with Crippen molar-refractivity contribution in [3.8, 4) is 0 Å². The van der Waals surface area contributed by atoms with Crippen LogP contribution in [-0.4, -0.2) is 64.9 Å². The second-order valence-electron chi connectivity index (χ2n) is 4.90. The zero-order chi connectivity index (χ0) is 13.1. The highest BCUT2D eigenvalue weighted by Crippen LogP contribution is 2.29. The molecule has 0 spiro atoms. The average Bonchev–Trinajstić information content (AvgIpc) is 3.07. The fraction of sp³-hybridized carbons (Fsp3) is 0.818. The lowest BCUT2D eigenvalue weighted by atomic mass is 10.2. The Kier molecular flexibility index (Phi) is 4.03. The largest absolute Gasteiger partial charge is 0.480 e. The van der Waals surface area contributed by atoms with Crippen LogP contribution in [0.1, 0.15) is 19.3 Å². The van der Waals surface area contributed by atoms with Gasteiger partial charge < -0.3 is 20.8 Å². The molecule has 1 saturated carbocycles. The molecule has 1 aliphatic carbocycles. The molecule has 0 aromatic carbocycles. The van der Waals surface area contributed by atoms with Crippen LogP contribution in [0.5, 0.6) is 0 Å². The van der Waals surface area contributed by atoms with E-state index in [1.807, 2.05) is 0 Å². The molecule has 2 atom stereocenters. The molecule has 7 nitrogen and oxygen atoms in total. The summed E-state index contributed by atoms with van der Waals surface area (Å²) >= 11 is 0. The number of hydrogen-bond donors (Lipinski definition) is 4. The normalized spacial score (nSPS) is 25.7. The summed E-state index contributed by atoms with van der Waals surface area (Å²) in [6.45, 7) is 1.20. The van der Waals surface area contributed by atoms with Gasteiger partial charge in [-0.1, -0.05) is 0 Å². The van der Waals surface area contributed by atoms with Gasteiger partial charge >= 0.3 is 12.0 Å². The summed E-state index contributed by atoms with van der Waals surface area (Å²) in [4.78, 5) is 24.5. The number of carboxylic acids is 1. The Bertz CT molecular complexity index is 332. The van der Waals surface area contributed by atoms with Gasteiger partial charge in [-0.05, 0) is 19.3 Å². The van der Waals surface area contributed by atoms with Crippen molar-refractivity contribution in [2.75, 3.05) is 19.7 Å². The Morgan fingerprint density at radius 1 is 1.33 bits per heavy atom. The van der Waals surface area contributed by atoms with E-state index in [9.17, 15) is 9.59 Å². The van der Waals surface area contributed by atoms with Crippen LogP contribution < -0.4 is 10.6 Å². The Morgan fingerprint density at radius 2 is 2.06 bits per heavy atom. The zero-order valence-electron chi connectivity index (χ0n) is 10.1. The van der Waals surface area contributed by atoms with Crippen molar-refractivity contribution in [1.82, 2.24) is 15.5 Å². The SMILES string of the molecule is O=C(NC1CCN(C2CC2)C1)N[C@H](CO)C(=O)O. The van der Waals surface area contributed by atoms with Gasteiger partial charge in [0.2, 0.25) is 0 Å². The third kappa shape index (κ3) is 3.33. The quantitative estimate of drug-likeness (QED) is 0.504. The second-order valence-corrected chi connectivity index (χ2v) is 4.90. The van der Waals surface area contributed by atoms with Crippen LogP contribution in [0.3, 0.4) is 0 Å². The highest BCUT2D eigenvalue weighted by molar-refractivity contribution is 5.82. The third-order valence-corrected chi connectivity index (χ3v) is 3.40. The molecule has 0 radical (unpaired) electrons. The summed E-state index contributed by atoms with van der Waals surface area (Å²) in [5.74, 6) is -1.24. The summed E-state index contributed by atoms with van der Waals surface area (Å²) in [6.07, 6.45) is 3.37. The molecule has 2 rings (SSSR count). The number of likely N-dealkylation sites (tertiary alicyclic amines) is 1. The van der Waals surface area contributed by atoms with E-state index in [4.69, 9.17) is 10.2 Å². The van der Waals surface area contributed by atoms with E-state index in [1.165, 1.54) is 12.8 Å². The van der Waals surface area contributed by atoms with Crippen molar-refractivity contribution in [1.29, 1.82) is 0 Å². The van der Waals surface area contributed by atoms with Crippen molar-refractivity contribution in [3.05, 3.63) is 0 Å². The summed E-state index contributed by atoms with van der Waals surface area (Å²) in [5.41, 5.74) is 0. The number of hydrogen-bond acceptors (Lipinski definition) is 4. The average molecular weight is 257 g/mol. The van der Waals surface area contributed by atoms with E-state index in [0.717, 1.165) is 19.5 Å². The first-order valence-electron chi connectivity index (χ1n) is 6.25. The van der Waals surface area contributed by atoms with Crippen LogP contribution in [-0.2, 0) is 4.79 Å². The van der Waals surface area contributed by atoms with Crippen LogP contribution in [0.4, 0.5) is 4.79 Å². The minimum atomic E-state index is -1.24. The summed E-state index contributed by atoms with van der Waals surface area (Å²) < 4.78 is 0. The van der Waals surface area contributed by atoms with E-state index in [-0.39, 0.29) is 6.04 Å². The number of aliphatic carboxylic acids is 1. The number of carbonyl (C=O) groups is 2. The minimum absolute atomic E-state index is 0.0683. The number of nitrogens with one attached hydrogen (secondary N) is 2. The van der Waals surface area contributed by atoms with Crippen molar-refractivity contribution in [3.63, 3.8) is 0 Å². The van der Waals surface area contributed by atoms with Gasteiger partial charge in [-0.2, -0.15) is 0 Å². The molecule has 7 heteroatoms. The molecule has 1 unspecified atom stereocenters. The Morgan fingerprint density at radius 3 is 2.61 bits per heavy atom. The molecule has 0 bridgehead atoms. The van der Waals surface area contributed by atoms with Crippen LogP contribution in [0.25, 0.3) is 0 Å². The molecule has 2 fully saturated rings. The van der Waals surface area contributed by atoms with Gasteiger partial charge in [-0.15, -0.1) is 0 Å². The van der Waals surface area contributed by atoms with Crippen LogP contribution >= 0.6 is 0 Å². The van der Waals surface area contributed by atoms with Gasteiger partial charge in [0, 0.05) is 25.2 Å². The minimum Gasteiger partial charge on any atom is -0.480 e. The fourth-order valence-corrected chi connectivity index (χ4v) is 2.25. The summed E-state index contributed by atoms with van der Waals surface area (Å²) in [7, 11) is 0. The summed E-state index contributed by atoms with van der Waals surface area (Å²) in [5, 5.41) is 22.5. The molecule has 4 N–H and O–H groups in total.